The SMILES string of the molecule is Cc1cc(C)c2sc(N(CCCN3CCOCC3)C(=O)c3snnc3C)nc2c1. The van der Waals surface area contributed by atoms with E-state index >= 15 is 0 Å². The van der Waals surface area contributed by atoms with Crippen molar-refractivity contribution >= 4 is 44.1 Å². The molecule has 1 fully saturated rings. The summed E-state index contributed by atoms with van der Waals surface area (Å²) in [6.07, 6.45) is 0.880. The summed E-state index contributed by atoms with van der Waals surface area (Å²) in [6.45, 7) is 11.0. The van der Waals surface area contributed by atoms with Crippen LogP contribution in [0, 0.1) is 20.8 Å². The van der Waals surface area contributed by atoms with Crippen molar-refractivity contribution in [2.45, 2.75) is 27.2 Å². The maximum absolute atomic E-state index is 13.3. The number of thiazole rings is 1. The minimum atomic E-state index is -0.0621. The number of aryl methyl sites for hydroxylation is 3. The lowest BCUT2D eigenvalue weighted by Crippen LogP contribution is -2.39. The summed E-state index contributed by atoms with van der Waals surface area (Å²) in [5, 5.41) is 4.76. The van der Waals surface area contributed by atoms with Crippen molar-refractivity contribution < 1.29 is 9.53 Å². The third kappa shape index (κ3) is 4.48. The summed E-state index contributed by atoms with van der Waals surface area (Å²) in [5.74, 6) is -0.0621. The summed E-state index contributed by atoms with van der Waals surface area (Å²) < 4.78 is 10.5. The molecule has 3 aromatic rings. The number of carbonyl (C=O) groups is 1. The van der Waals surface area contributed by atoms with Gasteiger partial charge in [0, 0.05) is 26.2 Å². The molecule has 0 saturated carbocycles. The van der Waals surface area contributed by atoms with E-state index in [1.54, 1.807) is 11.3 Å². The molecular formula is C20H25N5O2S2. The zero-order valence-corrected chi connectivity index (χ0v) is 18.6. The van der Waals surface area contributed by atoms with Gasteiger partial charge in [-0.05, 0) is 55.9 Å². The lowest BCUT2D eigenvalue weighted by molar-refractivity contribution is 0.0376. The number of rotatable bonds is 6. The summed E-state index contributed by atoms with van der Waals surface area (Å²) in [4.78, 5) is 22.9. The second kappa shape index (κ2) is 8.83. The molecule has 3 heterocycles. The fraction of sp³-hybridized carbons (Fsp3) is 0.500. The highest BCUT2D eigenvalue weighted by molar-refractivity contribution is 7.22. The number of hydrogen-bond acceptors (Lipinski definition) is 8. The van der Waals surface area contributed by atoms with Crippen molar-refractivity contribution in [2.24, 2.45) is 0 Å². The van der Waals surface area contributed by atoms with Crippen LogP contribution in [0.5, 0.6) is 0 Å². The highest BCUT2D eigenvalue weighted by Gasteiger charge is 2.25. The van der Waals surface area contributed by atoms with Gasteiger partial charge in [0.2, 0.25) is 0 Å². The van der Waals surface area contributed by atoms with Crippen LogP contribution in [0.15, 0.2) is 12.1 Å². The highest BCUT2D eigenvalue weighted by atomic mass is 32.1. The van der Waals surface area contributed by atoms with E-state index in [0.717, 1.165) is 66.1 Å². The van der Waals surface area contributed by atoms with Gasteiger partial charge >= 0.3 is 0 Å². The van der Waals surface area contributed by atoms with Gasteiger partial charge in [-0.25, -0.2) is 4.98 Å². The first kappa shape index (κ1) is 20.3. The first-order valence-corrected chi connectivity index (χ1v) is 11.4. The Bertz CT molecular complexity index is 1010. The molecule has 1 aromatic carbocycles. The molecule has 0 aliphatic carbocycles. The molecule has 9 heteroatoms. The topological polar surface area (TPSA) is 71.5 Å². The van der Waals surface area contributed by atoms with Crippen molar-refractivity contribution in [1.29, 1.82) is 0 Å². The van der Waals surface area contributed by atoms with E-state index in [1.165, 1.54) is 11.1 Å². The van der Waals surface area contributed by atoms with Crippen molar-refractivity contribution in [3.8, 4) is 0 Å². The number of anilines is 1. The molecule has 2 aromatic heterocycles. The van der Waals surface area contributed by atoms with Crippen molar-refractivity contribution in [3.63, 3.8) is 0 Å². The third-order valence-corrected chi connectivity index (χ3v) is 7.14. The van der Waals surface area contributed by atoms with Gasteiger partial charge in [0.05, 0.1) is 29.1 Å². The Labute approximate surface area is 178 Å². The average molecular weight is 432 g/mol. The van der Waals surface area contributed by atoms with Crippen LogP contribution in [0.4, 0.5) is 5.13 Å². The number of benzene rings is 1. The zero-order chi connectivity index (χ0) is 20.4. The molecular weight excluding hydrogens is 406 g/mol. The number of morpholine rings is 1. The summed E-state index contributed by atoms with van der Waals surface area (Å²) in [7, 11) is 0. The van der Waals surface area contributed by atoms with E-state index in [-0.39, 0.29) is 5.91 Å². The monoisotopic (exact) mass is 431 g/mol. The van der Waals surface area contributed by atoms with E-state index in [9.17, 15) is 4.79 Å². The average Bonchev–Trinajstić information content (AvgIpc) is 3.32. The van der Waals surface area contributed by atoms with E-state index in [2.05, 4.69) is 40.5 Å². The first-order valence-electron chi connectivity index (χ1n) is 9.81. The van der Waals surface area contributed by atoms with Gasteiger partial charge in [-0.15, -0.1) is 5.10 Å². The van der Waals surface area contributed by atoms with Crippen LogP contribution in [0.25, 0.3) is 10.2 Å². The van der Waals surface area contributed by atoms with Crippen LogP contribution in [0.1, 0.15) is 32.9 Å². The Kier molecular flexibility index (Phi) is 6.19. The Morgan fingerprint density at radius 3 is 2.76 bits per heavy atom. The van der Waals surface area contributed by atoms with Crippen LogP contribution in [0.2, 0.25) is 0 Å². The Balaban J connectivity index is 1.60. The van der Waals surface area contributed by atoms with Crippen molar-refractivity contribution in [1.82, 2.24) is 19.5 Å². The minimum Gasteiger partial charge on any atom is -0.379 e. The fourth-order valence-electron chi connectivity index (χ4n) is 3.59. The van der Waals surface area contributed by atoms with Crippen LogP contribution in [-0.2, 0) is 4.74 Å². The molecule has 29 heavy (non-hydrogen) atoms. The molecule has 0 atom stereocenters. The third-order valence-electron chi connectivity index (χ3n) is 5.09. The maximum Gasteiger partial charge on any atom is 0.273 e. The number of aromatic nitrogens is 3. The van der Waals surface area contributed by atoms with Gasteiger partial charge < -0.3 is 4.74 Å². The number of ether oxygens (including phenoxy) is 1. The van der Waals surface area contributed by atoms with Crippen LogP contribution < -0.4 is 4.90 Å². The smallest absolute Gasteiger partial charge is 0.273 e. The quantitative estimate of drug-likeness (QED) is 0.595. The molecule has 0 N–H and O–H groups in total. The van der Waals surface area contributed by atoms with E-state index in [0.29, 0.717) is 17.1 Å². The summed E-state index contributed by atoms with van der Waals surface area (Å²) in [5.41, 5.74) is 4.00. The summed E-state index contributed by atoms with van der Waals surface area (Å²) in [6, 6.07) is 4.24. The Hall–Kier alpha value is -1.94. The molecule has 1 saturated heterocycles. The first-order chi connectivity index (χ1) is 14.0. The van der Waals surface area contributed by atoms with Gasteiger partial charge in [0.25, 0.3) is 5.91 Å². The van der Waals surface area contributed by atoms with Gasteiger partial charge in [0.1, 0.15) is 4.88 Å². The van der Waals surface area contributed by atoms with Crippen LogP contribution in [-0.4, -0.2) is 64.8 Å². The summed E-state index contributed by atoms with van der Waals surface area (Å²) >= 11 is 2.73. The van der Waals surface area contributed by atoms with E-state index in [1.807, 2.05) is 11.8 Å². The lowest BCUT2D eigenvalue weighted by Gasteiger charge is -2.27. The predicted octanol–water partition coefficient (Wildman–Crippen LogP) is 3.44. The van der Waals surface area contributed by atoms with Gasteiger partial charge in [0.15, 0.2) is 5.13 Å². The largest absolute Gasteiger partial charge is 0.379 e. The lowest BCUT2D eigenvalue weighted by atomic mass is 10.1. The van der Waals surface area contributed by atoms with Crippen LogP contribution in [0.3, 0.4) is 0 Å². The predicted molar refractivity (Wildman–Crippen MR) is 117 cm³/mol. The second-order valence-electron chi connectivity index (χ2n) is 7.38. The molecule has 4 rings (SSSR count). The van der Waals surface area contributed by atoms with E-state index in [4.69, 9.17) is 9.72 Å². The number of nitrogens with zero attached hydrogens (tertiary/aromatic N) is 5. The highest BCUT2D eigenvalue weighted by Crippen LogP contribution is 2.33. The number of fused-ring (bicyclic) bond motifs is 1. The molecule has 0 spiro atoms. The van der Waals surface area contributed by atoms with Gasteiger partial charge in [-0.2, -0.15) is 0 Å². The molecule has 1 aliphatic rings. The molecule has 1 aliphatic heterocycles. The van der Waals surface area contributed by atoms with Crippen LogP contribution >= 0.6 is 22.9 Å². The van der Waals surface area contributed by atoms with E-state index < -0.39 is 0 Å². The minimum absolute atomic E-state index is 0.0621. The number of carbonyl (C=O) groups excluding carboxylic acids is 1. The molecule has 1 amide bonds. The maximum atomic E-state index is 13.3. The molecule has 0 radical (unpaired) electrons. The molecule has 0 unspecified atom stereocenters. The van der Waals surface area contributed by atoms with Gasteiger partial charge in [-0.1, -0.05) is 21.9 Å². The second-order valence-corrected chi connectivity index (χ2v) is 9.11. The normalized spacial score (nSPS) is 15.1. The molecule has 7 nitrogen and oxygen atoms in total. The number of amides is 1. The fourth-order valence-corrected chi connectivity index (χ4v) is 5.24. The Morgan fingerprint density at radius 1 is 1.24 bits per heavy atom. The van der Waals surface area contributed by atoms with Gasteiger partial charge in [-0.3, -0.25) is 14.6 Å². The zero-order valence-electron chi connectivity index (χ0n) is 17.0. The molecule has 0 bridgehead atoms. The van der Waals surface area contributed by atoms with Crippen molar-refractivity contribution in [3.05, 3.63) is 33.8 Å². The van der Waals surface area contributed by atoms with Crippen molar-refractivity contribution in [2.75, 3.05) is 44.3 Å². The number of hydrogen-bond donors (Lipinski definition) is 0. The molecule has 154 valence electrons. The Morgan fingerprint density at radius 2 is 2.03 bits per heavy atom. The standard InChI is InChI=1S/C20H25N5O2S2/c1-13-11-14(2)17-16(12-13)21-20(28-17)25(19(26)18-15(3)22-23-29-18)6-4-5-24-7-9-27-10-8-24/h11-12H,4-10H2,1-3H3.